The van der Waals surface area contributed by atoms with E-state index >= 15 is 0 Å². The van der Waals surface area contributed by atoms with Crippen molar-refractivity contribution in [2.45, 2.75) is 57.8 Å². The van der Waals surface area contributed by atoms with Gasteiger partial charge < -0.3 is 24.8 Å². The molecular formula is C25H34ClN3O5. The van der Waals surface area contributed by atoms with Crippen molar-refractivity contribution in [2.24, 2.45) is 5.92 Å². The third-order valence-electron chi connectivity index (χ3n) is 6.89. The molecule has 3 aliphatic heterocycles. The molecule has 8 nitrogen and oxygen atoms in total. The number of halogens is 1. The van der Waals surface area contributed by atoms with E-state index in [0.29, 0.717) is 39.1 Å². The second-order valence-electron chi connectivity index (χ2n) is 9.32. The van der Waals surface area contributed by atoms with Gasteiger partial charge in [-0.25, -0.2) is 0 Å². The minimum absolute atomic E-state index is 0. The largest absolute Gasteiger partial charge is 0.486 e. The van der Waals surface area contributed by atoms with Crippen molar-refractivity contribution in [3.63, 3.8) is 0 Å². The van der Waals surface area contributed by atoms with Crippen molar-refractivity contribution in [3.05, 3.63) is 23.8 Å². The van der Waals surface area contributed by atoms with E-state index < -0.39 is 17.7 Å². The van der Waals surface area contributed by atoms with Gasteiger partial charge in [0.15, 0.2) is 11.5 Å². The van der Waals surface area contributed by atoms with E-state index in [1.807, 2.05) is 32.0 Å². The zero-order chi connectivity index (χ0) is 23.6. The highest BCUT2D eigenvalue weighted by atomic mass is 35.5. The Hall–Kier alpha value is -2.47. The Kier molecular flexibility index (Phi) is 8.34. The predicted octanol–water partition coefficient (Wildman–Crippen LogP) is 1.58. The molecule has 2 amide bonds. The number of ether oxygens (including phenoxy) is 2. The normalized spacial score (nSPS) is 22.5. The Bertz CT molecular complexity index is 965. The lowest BCUT2D eigenvalue weighted by molar-refractivity contribution is -0.164. The molecule has 1 aromatic rings. The van der Waals surface area contributed by atoms with Crippen LogP contribution in [0.3, 0.4) is 0 Å². The van der Waals surface area contributed by atoms with Crippen LogP contribution in [-0.2, 0) is 16.1 Å². The number of carbonyl (C=O) groups excluding carboxylic acids is 2. The van der Waals surface area contributed by atoms with Crippen LogP contribution in [0.2, 0.25) is 0 Å². The maximum absolute atomic E-state index is 13.3. The van der Waals surface area contributed by atoms with E-state index in [0.717, 1.165) is 23.6 Å². The van der Waals surface area contributed by atoms with Crippen LogP contribution in [-0.4, -0.2) is 77.3 Å². The average Bonchev–Trinajstić information content (AvgIpc) is 2.82. The van der Waals surface area contributed by atoms with Gasteiger partial charge in [-0.3, -0.25) is 14.5 Å². The number of hydrogen-bond acceptors (Lipinski definition) is 6. The zero-order valence-corrected chi connectivity index (χ0v) is 20.8. The fraction of sp³-hybridized carbons (Fsp3) is 0.600. The first-order chi connectivity index (χ1) is 15.9. The summed E-state index contributed by atoms with van der Waals surface area (Å²) in [5.74, 6) is 6.74. The number of rotatable bonds is 5. The number of likely N-dealkylation sites (tertiary alicyclic amines) is 1. The molecule has 0 aliphatic carbocycles. The number of benzene rings is 1. The van der Waals surface area contributed by atoms with Gasteiger partial charge in [0.05, 0.1) is 12.6 Å². The molecule has 1 spiro atoms. The topological polar surface area (TPSA) is 91.3 Å². The lowest BCUT2D eigenvalue weighted by Gasteiger charge is -2.51. The summed E-state index contributed by atoms with van der Waals surface area (Å²) in [7, 11) is 0. The maximum atomic E-state index is 13.3. The van der Waals surface area contributed by atoms with Crippen LogP contribution in [0.5, 0.6) is 11.5 Å². The van der Waals surface area contributed by atoms with Gasteiger partial charge in [-0.05, 0) is 43.4 Å². The third kappa shape index (κ3) is 4.97. The van der Waals surface area contributed by atoms with Crippen LogP contribution >= 0.6 is 12.4 Å². The molecule has 2 saturated heterocycles. The SMILES string of the molecule is CC#CCN1C(=O)[C@@H]([C@H](O)C(C)C)NC(=O)C12CCN(Cc1ccc3c(c1)OCCO3)CC2.Cl. The van der Waals surface area contributed by atoms with Crippen LogP contribution in [0.1, 0.15) is 39.2 Å². The van der Waals surface area contributed by atoms with Crippen molar-refractivity contribution in [1.82, 2.24) is 15.1 Å². The van der Waals surface area contributed by atoms with Crippen molar-refractivity contribution in [1.29, 1.82) is 0 Å². The third-order valence-corrected chi connectivity index (χ3v) is 6.89. The summed E-state index contributed by atoms with van der Waals surface area (Å²) in [6.45, 7) is 8.76. The van der Waals surface area contributed by atoms with Crippen molar-refractivity contribution in [3.8, 4) is 23.3 Å². The van der Waals surface area contributed by atoms with Crippen LogP contribution < -0.4 is 14.8 Å². The predicted molar refractivity (Wildman–Crippen MR) is 130 cm³/mol. The number of hydrogen-bond donors (Lipinski definition) is 2. The number of carbonyl (C=O) groups is 2. The van der Waals surface area contributed by atoms with E-state index in [-0.39, 0.29) is 36.7 Å². The fourth-order valence-electron chi connectivity index (χ4n) is 4.86. The molecule has 186 valence electrons. The zero-order valence-electron chi connectivity index (χ0n) is 20.0. The van der Waals surface area contributed by atoms with Gasteiger partial charge in [-0.1, -0.05) is 25.8 Å². The number of piperazine rings is 1. The van der Waals surface area contributed by atoms with E-state index in [9.17, 15) is 14.7 Å². The lowest BCUT2D eigenvalue weighted by atomic mass is 9.80. The van der Waals surface area contributed by atoms with Crippen LogP contribution in [0.25, 0.3) is 0 Å². The van der Waals surface area contributed by atoms with Crippen molar-refractivity contribution < 1.29 is 24.2 Å². The molecule has 0 bridgehead atoms. The molecule has 1 aromatic carbocycles. The molecule has 2 fully saturated rings. The standard InChI is InChI=1S/C25H33N3O5.ClH/c1-4-5-10-28-23(30)21(22(29)17(2)3)26-24(31)25(28)8-11-27(12-9-25)16-18-6-7-19-20(15-18)33-14-13-32-19;/h6-7,15,17,21-22,29H,8-14,16H2,1-3H3,(H,26,31);1H/t21-,22-;/m1./s1. The first kappa shape index (κ1) is 26.1. The average molecular weight is 492 g/mol. The van der Waals surface area contributed by atoms with Gasteiger partial charge in [0, 0.05) is 19.6 Å². The number of nitrogens with one attached hydrogen (secondary N) is 1. The summed E-state index contributed by atoms with van der Waals surface area (Å²) >= 11 is 0. The minimum Gasteiger partial charge on any atom is -0.486 e. The molecule has 0 unspecified atom stereocenters. The van der Waals surface area contributed by atoms with E-state index in [1.54, 1.807) is 11.8 Å². The van der Waals surface area contributed by atoms with Gasteiger partial charge in [-0.2, -0.15) is 0 Å². The molecule has 4 rings (SSSR count). The van der Waals surface area contributed by atoms with Crippen LogP contribution in [0.4, 0.5) is 0 Å². The molecule has 2 atom stereocenters. The van der Waals surface area contributed by atoms with Gasteiger partial charge >= 0.3 is 0 Å². The Labute approximate surface area is 207 Å². The molecule has 9 heteroatoms. The second-order valence-corrected chi connectivity index (χ2v) is 9.32. The maximum Gasteiger partial charge on any atom is 0.249 e. The number of aliphatic hydroxyl groups is 1. The van der Waals surface area contributed by atoms with Crippen LogP contribution in [0, 0.1) is 17.8 Å². The number of nitrogens with zero attached hydrogens (tertiary/aromatic N) is 2. The van der Waals surface area contributed by atoms with Gasteiger partial charge in [0.1, 0.15) is 24.8 Å². The summed E-state index contributed by atoms with van der Waals surface area (Å²) < 4.78 is 11.3. The Morgan fingerprint density at radius 1 is 1.18 bits per heavy atom. The summed E-state index contributed by atoms with van der Waals surface area (Å²) in [6.07, 6.45) is 0.0990. The first-order valence-corrected chi connectivity index (χ1v) is 11.7. The number of amides is 2. The van der Waals surface area contributed by atoms with E-state index in [2.05, 4.69) is 22.1 Å². The number of fused-ring (bicyclic) bond motifs is 1. The molecule has 2 N–H and O–H groups in total. The Balaban J connectivity index is 0.00000324. The van der Waals surface area contributed by atoms with Gasteiger partial charge in [-0.15, -0.1) is 18.3 Å². The van der Waals surface area contributed by atoms with Gasteiger partial charge in [0.2, 0.25) is 11.8 Å². The van der Waals surface area contributed by atoms with Crippen molar-refractivity contribution >= 4 is 24.2 Å². The summed E-state index contributed by atoms with van der Waals surface area (Å²) in [5.41, 5.74) is 0.186. The number of aliphatic hydroxyl groups excluding tert-OH is 1. The molecule has 3 heterocycles. The summed E-state index contributed by atoms with van der Waals surface area (Å²) in [5, 5.41) is 13.4. The molecule has 3 aliphatic rings. The Morgan fingerprint density at radius 2 is 1.85 bits per heavy atom. The molecule has 34 heavy (non-hydrogen) atoms. The van der Waals surface area contributed by atoms with E-state index in [4.69, 9.17) is 9.47 Å². The smallest absolute Gasteiger partial charge is 0.249 e. The highest BCUT2D eigenvalue weighted by Gasteiger charge is 2.54. The summed E-state index contributed by atoms with van der Waals surface area (Å²) in [4.78, 5) is 30.6. The molecule has 0 radical (unpaired) electrons. The van der Waals surface area contributed by atoms with E-state index in [1.165, 1.54) is 0 Å². The highest BCUT2D eigenvalue weighted by molar-refractivity contribution is 6.00. The number of piperidine rings is 1. The van der Waals surface area contributed by atoms with Crippen molar-refractivity contribution in [2.75, 3.05) is 32.8 Å². The van der Waals surface area contributed by atoms with Crippen LogP contribution in [0.15, 0.2) is 18.2 Å². The minimum atomic E-state index is -0.939. The quantitative estimate of drug-likeness (QED) is 0.608. The molecule has 0 aromatic heterocycles. The molecule has 0 saturated carbocycles. The molecular weight excluding hydrogens is 458 g/mol. The fourth-order valence-corrected chi connectivity index (χ4v) is 4.86. The monoisotopic (exact) mass is 491 g/mol. The summed E-state index contributed by atoms with van der Waals surface area (Å²) in [6, 6.07) is 5.05. The van der Waals surface area contributed by atoms with Gasteiger partial charge in [0.25, 0.3) is 0 Å². The Morgan fingerprint density at radius 3 is 2.50 bits per heavy atom. The second kappa shape index (κ2) is 10.9. The lowest BCUT2D eigenvalue weighted by Crippen LogP contribution is -2.74. The first-order valence-electron chi connectivity index (χ1n) is 11.7. The highest BCUT2D eigenvalue weighted by Crippen LogP contribution is 2.35.